The maximum Gasteiger partial charge on any atom is 0.355 e. The molecule has 32 heavy (non-hydrogen) atoms. The van der Waals surface area contributed by atoms with Gasteiger partial charge in [-0.25, -0.2) is 4.79 Å². The van der Waals surface area contributed by atoms with Crippen molar-refractivity contribution in [2.24, 2.45) is 0 Å². The molecule has 0 aliphatic carbocycles. The average Bonchev–Trinajstić information content (AvgIpc) is 3.12. The minimum absolute atomic E-state index is 0.110. The van der Waals surface area contributed by atoms with E-state index in [-0.39, 0.29) is 12.3 Å². The Hall–Kier alpha value is -2.94. The molecule has 2 N–H and O–H groups in total. The molecule has 8 nitrogen and oxygen atoms in total. The summed E-state index contributed by atoms with van der Waals surface area (Å²) in [7, 11) is 1.81. The molecule has 4 rings (SSSR count). The molecule has 2 heterocycles. The van der Waals surface area contributed by atoms with E-state index in [1.807, 2.05) is 13.1 Å². The van der Waals surface area contributed by atoms with Gasteiger partial charge in [0.2, 0.25) is 0 Å². The van der Waals surface area contributed by atoms with Crippen LogP contribution in [0.5, 0.6) is 5.75 Å². The fraction of sp³-hybridized carbons (Fsp3) is 0.348. The topological polar surface area (TPSA) is 71.5 Å². The molecule has 2 aromatic rings. The fourth-order valence-electron chi connectivity index (χ4n) is 4.03. The first-order valence-corrected chi connectivity index (χ1v) is 11.0. The molecule has 1 saturated heterocycles. The van der Waals surface area contributed by atoms with Crippen molar-refractivity contribution in [3.8, 4) is 5.75 Å². The van der Waals surface area contributed by atoms with Gasteiger partial charge in [0.05, 0.1) is 5.70 Å². The Morgan fingerprint density at radius 3 is 2.50 bits per heavy atom. The maximum absolute atomic E-state index is 12.0. The number of rotatable bonds is 8. The Labute approximate surface area is 193 Å². The molecular formula is C23H28ClN5O3. The number of anilines is 1. The summed E-state index contributed by atoms with van der Waals surface area (Å²) >= 11 is 6.00. The van der Waals surface area contributed by atoms with Crippen molar-refractivity contribution >= 4 is 23.3 Å². The highest BCUT2D eigenvalue weighted by Gasteiger charge is 2.32. The molecule has 0 bridgehead atoms. The van der Waals surface area contributed by atoms with Crippen LogP contribution in [0.4, 0.5) is 5.69 Å². The van der Waals surface area contributed by atoms with E-state index in [2.05, 4.69) is 39.5 Å². The summed E-state index contributed by atoms with van der Waals surface area (Å²) in [6.45, 7) is 5.24. The van der Waals surface area contributed by atoms with E-state index in [0.29, 0.717) is 23.0 Å². The van der Waals surface area contributed by atoms with Crippen molar-refractivity contribution in [1.82, 2.24) is 20.5 Å². The van der Waals surface area contributed by atoms with Gasteiger partial charge in [-0.3, -0.25) is 15.3 Å². The molecule has 0 radical (unpaired) electrons. The molecule has 2 aliphatic rings. The largest absolute Gasteiger partial charge is 0.487 e. The maximum atomic E-state index is 12.0. The Balaban J connectivity index is 1.33. The molecule has 2 aromatic carbocycles. The van der Waals surface area contributed by atoms with Crippen LogP contribution in [0.15, 0.2) is 66.0 Å². The number of hydrogen-bond donors (Lipinski definition) is 2. The summed E-state index contributed by atoms with van der Waals surface area (Å²) in [4.78, 5) is 16.8. The zero-order valence-electron chi connectivity index (χ0n) is 18.1. The van der Waals surface area contributed by atoms with Gasteiger partial charge in [0, 0.05) is 57.0 Å². The predicted octanol–water partition coefficient (Wildman–Crippen LogP) is 2.50. The number of piperazine rings is 1. The predicted molar refractivity (Wildman–Crippen MR) is 124 cm³/mol. The SMILES string of the molecule is CN1NC(COc2cccc(Cl)c2)=C(C(=O)O)N1CCN1CCN(c2ccccc2)CC1. The smallest absolute Gasteiger partial charge is 0.355 e. The highest BCUT2D eigenvalue weighted by atomic mass is 35.5. The van der Waals surface area contributed by atoms with Crippen LogP contribution in [0.1, 0.15) is 0 Å². The first-order valence-electron chi connectivity index (χ1n) is 10.7. The summed E-state index contributed by atoms with van der Waals surface area (Å²) in [5, 5.41) is 13.9. The van der Waals surface area contributed by atoms with Gasteiger partial charge >= 0.3 is 5.97 Å². The van der Waals surface area contributed by atoms with Crippen molar-refractivity contribution < 1.29 is 14.6 Å². The molecule has 1 fully saturated rings. The standard InChI is InChI=1S/C23H28ClN5O3/c1-26-25-21(17-32-20-9-5-6-18(24)16-20)22(23(30)31)29(26)15-12-27-10-13-28(14-11-27)19-7-3-2-4-8-19/h2-9,16,25H,10-15,17H2,1H3,(H,30,31). The lowest BCUT2D eigenvalue weighted by atomic mass is 10.2. The molecule has 2 aliphatic heterocycles. The second-order valence-corrected chi connectivity index (χ2v) is 8.24. The van der Waals surface area contributed by atoms with Crippen molar-refractivity contribution in [1.29, 1.82) is 0 Å². The molecule has 0 spiro atoms. The normalized spacial score (nSPS) is 17.6. The van der Waals surface area contributed by atoms with E-state index in [0.717, 1.165) is 32.7 Å². The number of carboxylic acid groups (broad SMARTS) is 1. The highest BCUT2D eigenvalue weighted by molar-refractivity contribution is 6.30. The average molecular weight is 458 g/mol. The summed E-state index contributed by atoms with van der Waals surface area (Å²) in [5.41, 5.74) is 5.07. The molecule has 170 valence electrons. The second kappa shape index (κ2) is 10.1. The van der Waals surface area contributed by atoms with Crippen LogP contribution in [0.2, 0.25) is 5.02 Å². The molecular weight excluding hydrogens is 430 g/mol. The third kappa shape index (κ3) is 5.27. The summed E-state index contributed by atoms with van der Waals surface area (Å²) in [6.07, 6.45) is 0. The van der Waals surface area contributed by atoms with Gasteiger partial charge in [0.15, 0.2) is 5.70 Å². The van der Waals surface area contributed by atoms with Crippen molar-refractivity contribution in [3.05, 3.63) is 71.0 Å². The number of aliphatic carboxylic acids is 1. The monoisotopic (exact) mass is 457 g/mol. The van der Waals surface area contributed by atoms with Crippen molar-refractivity contribution in [3.63, 3.8) is 0 Å². The number of hydrazine groups is 2. The molecule has 9 heteroatoms. The van der Waals surface area contributed by atoms with Gasteiger partial charge in [-0.15, -0.1) is 5.12 Å². The number of halogens is 1. The van der Waals surface area contributed by atoms with Gasteiger partial charge in [-0.1, -0.05) is 35.9 Å². The van der Waals surface area contributed by atoms with Gasteiger partial charge < -0.3 is 14.7 Å². The van der Waals surface area contributed by atoms with Crippen LogP contribution in [-0.4, -0.2) is 79.0 Å². The molecule has 0 atom stereocenters. The van der Waals surface area contributed by atoms with E-state index in [4.69, 9.17) is 16.3 Å². The first-order chi connectivity index (χ1) is 15.5. The number of carboxylic acids is 1. The van der Waals surface area contributed by atoms with E-state index in [1.54, 1.807) is 34.4 Å². The molecule has 0 aromatic heterocycles. The lowest BCUT2D eigenvalue weighted by Crippen LogP contribution is -2.50. The second-order valence-electron chi connectivity index (χ2n) is 7.80. The quantitative estimate of drug-likeness (QED) is 0.626. The van der Waals surface area contributed by atoms with Crippen molar-refractivity contribution in [2.45, 2.75) is 0 Å². The van der Waals surface area contributed by atoms with E-state index >= 15 is 0 Å². The van der Waals surface area contributed by atoms with Crippen molar-refractivity contribution in [2.75, 3.05) is 57.8 Å². The number of nitrogens with one attached hydrogen (secondary N) is 1. The van der Waals surface area contributed by atoms with Crippen LogP contribution < -0.4 is 15.1 Å². The Morgan fingerprint density at radius 2 is 1.81 bits per heavy atom. The summed E-state index contributed by atoms with van der Waals surface area (Å²) in [5.74, 6) is -0.394. The van der Waals surface area contributed by atoms with Gasteiger partial charge in [0.25, 0.3) is 0 Å². The van der Waals surface area contributed by atoms with E-state index in [1.165, 1.54) is 5.69 Å². The number of nitrogens with zero attached hydrogens (tertiary/aromatic N) is 4. The van der Waals surface area contributed by atoms with Gasteiger partial charge in [-0.2, -0.15) is 0 Å². The Kier molecular flexibility index (Phi) is 7.04. The lowest BCUT2D eigenvalue weighted by Gasteiger charge is -2.37. The third-order valence-corrected chi connectivity index (χ3v) is 5.94. The Morgan fingerprint density at radius 1 is 1.06 bits per heavy atom. The van der Waals surface area contributed by atoms with Crippen LogP contribution in [0.3, 0.4) is 0 Å². The minimum Gasteiger partial charge on any atom is -0.487 e. The number of para-hydroxylation sites is 1. The van der Waals surface area contributed by atoms with Crippen LogP contribution >= 0.6 is 11.6 Å². The highest BCUT2D eigenvalue weighted by Crippen LogP contribution is 2.22. The van der Waals surface area contributed by atoms with Gasteiger partial charge in [-0.05, 0) is 30.3 Å². The van der Waals surface area contributed by atoms with Crippen LogP contribution in [-0.2, 0) is 4.79 Å². The number of ether oxygens (including phenoxy) is 1. The number of benzene rings is 2. The molecule has 0 unspecified atom stereocenters. The van der Waals surface area contributed by atoms with E-state index in [9.17, 15) is 9.90 Å². The van der Waals surface area contributed by atoms with Crippen LogP contribution in [0, 0.1) is 0 Å². The third-order valence-electron chi connectivity index (χ3n) is 5.71. The number of carbonyl (C=O) groups is 1. The van der Waals surface area contributed by atoms with Crippen LogP contribution in [0.25, 0.3) is 0 Å². The minimum atomic E-state index is -0.986. The Bertz CT molecular complexity index is 963. The fourth-order valence-corrected chi connectivity index (χ4v) is 4.21. The summed E-state index contributed by atoms with van der Waals surface area (Å²) < 4.78 is 5.76. The molecule has 0 saturated carbocycles. The molecule has 0 amide bonds. The van der Waals surface area contributed by atoms with Gasteiger partial charge in [0.1, 0.15) is 12.4 Å². The zero-order chi connectivity index (χ0) is 22.5. The summed E-state index contributed by atoms with van der Waals surface area (Å²) in [6, 6.07) is 17.5. The number of hydrogen-bond acceptors (Lipinski definition) is 7. The first kappa shape index (κ1) is 22.3. The lowest BCUT2D eigenvalue weighted by molar-refractivity contribution is -0.136. The zero-order valence-corrected chi connectivity index (χ0v) is 18.8. The van der Waals surface area contributed by atoms with E-state index < -0.39 is 5.97 Å².